The van der Waals surface area contributed by atoms with Crippen LogP contribution in [0.2, 0.25) is 0 Å². The number of hydrogen-bond donors (Lipinski definition) is 1. The van der Waals surface area contributed by atoms with E-state index >= 15 is 0 Å². The molecular formula is C14H19IN2O2. The molecule has 1 unspecified atom stereocenters. The Hall–Kier alpha value is -0.690. The van der Waals surface area contributed by atoms with Crippen molar-refractivity contribution in [1.82, 2.24) is 5.32 Å². The van der Waals surface area contributed by atoms with Crippen LogP contribution in [0, 0.1) is 19.6 Å². The molecule has 104 valence electrons. The molecule has 0 amide bonds. The number of nitrogens with zero attached hydrogens (tertiary/aromatic N) is 1. The summed E-state index contributed by atoms with van der Waals surface area (Å²) in [6.07, 6.45) is 4.73. The smallest absolute Gasteiger partial charge is 0.270 e. The van der Waals surface area contributed by atoms with Gasteiger partial charge in [0.25, 0.3) is 5.69 Å². The van der Waals surface area contributed by atoms with E-state index in [1.165, 1.54) is 18.4 Å². The summed E-state index contributed by atoms with van der Waals surface area (Å²) in [4.78, 5) is 10.4. The first-order valence-corrected chi connectivity index (χ1v) is 7.86. The Labute approximate surface area is 127 Å². The van der Waals surface area contributed by atoms with E-state index < -0.39 is 0 Å². The minimum absolute atomic E-state index is 0.178. The highest BCUT2D eigenvalue weighted by molar-refractivity contribution is 14.1. The van der Waals surface area contributed by atoms with Crippen LogP contribution in [-0.2, 0) is 6.42 Å². The summed E-state index contributed by atoms with van der Waals surface area (Å²) in [7, 11) is 0. The Kier molecular flexibility index (Phi) is 5.15. The molecule has 0 bridgehead atoms. The summed E-state index contributed by atoms with van der Waals surface area (Å²) in [6.45, 7) is 3.22. The maximum atomic E-state index is 10.7. The molecule has 0 aliphatic heterocycles. The topological polar surface area (TPSA) is 55.2 Å². The first kappa shape index (κ1) is 14.7. The summed E-state index contributed by atoms with van der Waals surface area (Å²) < 4.78 is 0.996. The van der Waals surface area contributed by atoms with Gasteiger partial charge in [-0.3, -0.25) is 10.1 Å². The number of hydrogen-bond acceptors (Lipinski definition) is 3. The van der Waals surface area contributed by atoms with Crippen molar-refractivity contribution in [2.75, 3.05) is 6.54 Å². The zero-order chi connectivity index (χ0) is 13.8. The third-order valence-corrected chi connectivity index (χ3v) is 4.54. The van der Waals surface area contributed by atoms with Crippen molar-refractivity contribution in [1.29, 1.82) is 0 Å². The zero-order valence-electron chi connectivity index (χ0n) is 11.1. The first-order valence-electron chi connectivity index (χ1n) is 6.78. The minimum atomic E-state index is -0.334. The number of halogens is 1. The van der Waals surface area contributed by atoms with E-state index in [1.54, 1.807) is 12.1 Å². The average Bonchev–Trinajstić information content (AvgIpc) is 3.20. The van der Waals surface area contributed by atoms with Crippen molar-refractivity contribution >= 4 is 28.3 Å². The van der Waals surface area contributed by atoms with Crippen molar-refractivity contribution in [3.63, 3.8) is 0 Å². The van der Waals surface area contributed by atoms with Gasteiger partial charge in [0.05, 0.1) is 4.92 Å². The van der Waals surface area contributed by atoms with Crippen molar-refractivity contribution in [3.8, 4) is 0 Å². The van der Waals surface area contributed by atoms with E-state index in [9.17, 15) is 10.1 Å². The molecule has 0 radical (unpaired) electrons. The molecule has 0 saturated heterocycles. The number of rotatable bonds is 7. The predicted molar refractivity (Wildman–Crippen MR) is 84.3 cm³/mol. The summed E-state index contributed by atoms with van der Waals surface area (Å²) >= 11 is 2.20. The van der Waals surface area contributed by atoms with Crippen molar-refractivity contribution in [2.24, 2.45) is 5.92 Å². The van der Waals surface area contributed by atoms with Crippen LogP contribution in [0.4, 0.5) is 5.69 Å². The molecule has 1 saturated carbocycles. The number of nitrogens with one attached hydrogen (secondary N) is 1. The molecule has 1 aliphatic rings. The van der Waals surface area contributed by atoms with Gasteiger partial charge in [0.1, 0.15) is 0 Å². The maximum Gasteiger partial charge on any atom is 0.270 e. The SMILES string of the molecule is CCCNC(Cc1ccc([N+](=O)[O-])cc1I)C1CC1. The zero-order valence-corrected chi connectivity index (χ0v) is 13.2. The van der Waals surface area contributed by atoms with Gasteiger partial charge >= 0.3 is 0 Å². The first-order chi connectivity index (χ1) is 9.11. The lowest BCUT2D eigenvalue weighted by Gasteiger charge is -2.18. The Morgan fingerprint density at radius 1 is 1.53 bits per heavy atom. The summed E-state index contributed by atoms with van der Waals surface area (Å²) in [5.74, 6) is 0.789. The molecule has 1 atom stereocenters. The number of nitro groups is 1. The molecule has 0 heterocycles. The fourth-order valence-electron chi connectivity index (χ4n) is 2.29. The van der Waals surface area contributed by atoms with Gasteiger partial charge in [-0.15, -0.1) is 0 Å². The summed E-state index contributed by atoms with van der Waals surface area (Å²) in [6, 6.07) is 5.71. The van der Waals surface area contributed by atoms with E-state index in [1.807, 2.05) is 6.07 Å². The Morgan fingerprint density at radius 2 is 2.26 bits per heavy atom. The molecule has 1 N–H and O–H groups in total. The van der Waals surface area contributed by atoms with Gasteiger partial charge in [-0.1, -0.05) is 13.0 Å². The van der Waals surface area contributed by atoms with E-state index in [4.69, 9.17) is 0 Å². The van der Waals surface area contributed by atoms with Crippen molar-refractivity contribution in [3.05, 3.63) is 37.4 Å². The molecule has 19 heavy (non-hydrogen) atoms. The largest absolute Gasteiger partial charge is 0.313 e. The lowest BCUT2D eigenvalue weighted by molar-refractivity contribution is -0.385. The van der Waals surface area contributed by atoms with Crippen LogP contribution in [0.15, 0.2) is 18.2 Å². The van der Waals surface area contributed by atoms with Gasteiger partial charge in [-0.05, 0) is 66.3 Å². The van der Waals surface area contributed by atoms with Gasteiger partial charge in [0.15, 0.2) is 0 Å². The fraction of sp³-hybridized carbons (Fsp3) is 0.571. The van der Waals surface area contributed by atoms with Crippen LogP contribution >= 0.6 is 22.6 Å². The predicted octanol–water partition coefficient (Wildman–Crippen LogP) is 3.52. The van der Waals surface area contributed by atoms with E-state index in [0.29, 0.717) is 6.04 Å². The molecule has 1 fully saturated rings. The number of non-ortho nitro benzene ring substituents is 1. The lowest BCUT2D eigenvalue weighted by atomic mass is 10.0. The number of nitro benzene ring substituents is 1. The Bertz CT molecular complexity index is 461. The third-order valence-electron chi connectivity index (χ3n) is 3.53. The van der Waals surface area contributed by atoms with E-state index in [-0.39, 0.29) is 10.6 Å². The monoisotopic (exact) mass is 374 g/mol. The number of benzene rings is 1. The molecule has 0 spiro atoms. The van der Waals surface area contributed by atoms with Gasteiger partial charge in [0, 0.05) is 21.7 Å². The average molecular weight is 374 g/mol. The lowest BCUT2D eigenvalue weighted by Crippen LogP contribution is -2.33. The fourth-order valence-corrected chi connectivity index (χ4v) is 3.01. The molecule has 5 heteroatoms. The molecule has 1 aromatic rings. The maximum absolute atomic E-state index is 10.7. The van der Waals surface area contributed by atoms with Crippen molar-refractivity contribution < 1.29 is 4.92 Å². The Morgan fingerprint density at radius 3 is 2.79 bits per heavy atom. The molecule has 4 nitrogen and oxygen atoms in total. The van der Waals surface area contributed by atoms with Crippen LogP contribution < -0.4 is 5.32 Å². The van der Waals surface area contributed by atoms with E-state index in [2.05, 4.69) is 34.8 Å². The third kappa shape index (κ3) is 4.14. The second kappa shape index (κ2) is 6.65. The van der Waals surface area contributed by atoms with Crippen LogP contribution in [0.5, 0.6) is 0 Å². The van der Waals surface area contributed by atoms with Crippen molar-refractivity contribution in [2.45, 2.75) is 38.6 Å². The normalized spacial score (nSPS) is 16.3. The highest BCUT2D eigenvalue weighted by Gasteiger charge is 2.31. The minimum Gasteiger partial charge on any atom is -0.313 e. The molecule has 1 aliphatic carbocycles. The van der Waals surface area contributed by atoms with Gasteiger partial charge < -0.3 is 5.32 Å². The summed E-state index contributed by atoms with van der Waals surface area (Å²) in [5, 5.41) is 14.3. The van der Waals surface area contributed by atoms with Crippen LogP contribution in [0.1, 0.15) is 31.7 Å². The standard InChI is InChI=1S/C14H19IN2O2/c1-2-7-16-14(10-3-4-10)8-11-5-6-12(17(18)19)9-13(11)15/h5-6,9-10,14,16H,2-4,7-8H2,1H3. The van der Waals surface area contributed by atoms with Gasteiger partial charge in [-0.2, -0.15) is 0 Å². The molecule has 0 aromatic heterocycles. The Balaban J connectivity index is 2.06. The quantitative estimate of drug-likeness (QED) is 0.451. The van der Waals surface area contributed by atoms with Gasteiger partial charge in [0.2, 0.25) is 0 Å². The molecule has 2 rings (SSSR count). The van der Waals surface area contributed by atoms with Gasteiger partial charge in [-0.25, -0.2) is 0 Å². The van der Waals surface area contributed by atoms with E-state index in [0.717, 1.165) is 28.9 Å². The molecular weight excluding hydrogens is 355 g/mol. The highest BCUT2D eigenvalue weighted by atomic mass is 127. The highest BCUT2D eigenvalue weighted by Crippen LogP contribution is 2.35. The summed E-state index contributed by atoms with van der Waals surface area (Å²) in [5.41, 5.74) is 1.39. The second-order valence-electron chi connectivity index (χ2n) is 5.13. The second-order valence-corrected chi connectivity index (χ2v) is 6.30. The van der Waals surface area contributed by atoms with Crippen LogP contribution in [0.3, 0.4) is 0 Å². The van der Waals surface area contributed by atoms with Crippen LogP contribution in [0.25, 0.3) is 0 Å². The van der Waals surface area contributed by atoms with Crippen LogP contribution in [-0.4, -0.2) is 17.5 Å². The molecule has 1 aromatic carbocycles.